The number of rotatable bonds is 5. The van der Waals surface area contributed by atoms with Gasteiger partial charge in [0.2, 0.25) is 0 Å². The van der Waals surface area contributed by atoms with Gasteiger partial charge in [-0.15, -0.1) is 11.8 Å². The third kappa shape index (κ3) is 4.98. The second-order valence-corrected chi connectivity index (χ2v) is 5.75. The Morgan fingerprint density at radius 2 is 2.13 bits per heavy atom. The molecule has 0 fully saturated rings. The number of nitrogens with zero attached hydrogens (tertiary/aromatic N) is 2. The van der Waals surface area contributed by atoms with Crippen LogP contribution in [0.4, 0.5) is 0 Å². The summed E-state index contributed by atoms with van der Waals surface area (Å²) in [5, 5.41) is 1.08. The van der Waals surface area contributed by atoms with Crippen LogP contribution in [-0.4, -0.2) is 15.7 Å². The Morgan fingerprint density at radius 3 is 2.73 bits per heavy atom. The van der Waals surface area contributed by atoms with Crippen molar-refractivity contribution in [3.8, 4) is 0 Å². The summed E-state index contributed by atoms with van der Waals surface area (Å²) in [5.41, 5.74) is 0. The highest BCUT2D eigenvalue weighted by Gasteiger charge is 2.04. The predicted molar refractivity (Wildman–Crippen MR) is 69.3 cm³/mol. The molecule has 0 spiro atoms. The lowest BCUT2D eigenvalue weighted by Crippen LogP contribution is -1.98. The van der Waals surface area contributed by atoms with Gasteiger partial charge in [-0.1, -0.05) is 20.8 Å². The SMILES string of the molecule is CCCc1nc(Br)cc(SCC(C)C)n1. The van der Waals surface area contributed by atoms with Gasteiger partial charge in [0.1, 0.15) is 15.5 Å². The molecule has 0 N–H and O–H groups in total. The first-order valence-corrected chi connectivity index (χ1v) is 7.06. The van der Waals surface area contributed by atoms with Gasteiger partial charge in [-0.05, 0) is 28.3 Å². The zero-order chi connectivity index (χ0) is 11.3. The van der Waals surface area contributed by atoms with Crippen molar-refractivity contribution >= 4 is 27.7 Å². The summed E-state index contributed by atoms with van der Waals surface area (Å²) >= 11 is 5.23. The summed E-state index contributed by atoms with van der Waals surface area (Å²) in [6.07, 6.45) is 2.04. The first kappa shape index (κ1) is 13.0. The fraction of sp³-hybridized carbons (Fsp3) is 0.636. The van der Waals surface area contributed by atoms with Crippen LogP contribution in [0, 0.1) is 5.92 Å². The Balaban J connectivity index is 2.70. The van der Waals surface area contributed by atoms with Crippen LogP contribution < -0.4 is 0 Å². The molecule has 1 heterocycles. The van der Waals surface area contributed by atoms with E-state index in [1.807, 2.05) is 6.07 Å². The lowest BCUT2D eigenvalue weighted by atomic mass is 10.3. The number of halogens is 1. The van der Waals surface area contributed by atoms with Crippen LogP contribution in [0.3, 0.4) is 0 Å². The molecule has 0 aliphatic heterocycles. The number of aryl methyl sites for hydroxylation is 1. The molecule has 0 saturated heterocycles. The van der Waals surface area contributed by atoms with Crippen molar-refractivity contribution in [2.45, 2.75) is 38.6 Å². The van der Waals surface area contributed by atoms with E-state index in [1.165, 1.54) is 0 Å². The highest BCUT2D eigenvalue weighted by Crippen LogP contribution is 2.21. The third-order valence-corrected chi connectivity index (χ3v) is 3.50. The van der Waals surface area contributed by atoms with Gasteiger partial charge in [0, 0.05) is 18.2 Å². The van der Waals surface area contributed by atoms with Crippen LogP contribution in [0.25, 0.3) is 0 Å². The molecule has 84 valence electrons. The van der Waals surface area contributed by atoms with E-state index in [0.29, 0.717) is 5.92 Å². The van der Waals surface area contributed by atoms with Crippen LogP contribution in [0.2, 0.25) is 0 Å². The number of thioether (sulfide) groups is 1. The Bertz CT molecular complexity index is 315. The third-order valence-electron chi connectivity index (χ3n) is 1.76. The second kappa shape index (κ2) is 6.48. The molecule has 15 heavy (non-hydrogen) atoms. The minimum Gasteiger partial charge on any atom is -0.227 e. The standard InChI is InChI=1S/C11H17BrN2S/c1-4-5-10-13-9(12)6-11(14-10)15-7-8(2)3/h6,8H,4-5,7H2,1-3H3. The molecule has 1 aromatic heterocycles. The number of hydrogen-bond acceptors (Lipinski definition) is 3. The maximum atomic E-state index is 4.52. The van der Waals surface area contributed by atoms with Gasteiger partial charge < -0.3 is 0 Å². The van der Waals surface area contributed by atoms with Crippen LogP contribution in [0.5, 0.6) is 0 Å². The van der Waals surface area contributed by atoms with E-state index in [1.54, 1.807) is 11.8 Å². The van der Waals surface area contributed by atoms with Crippen molar-refractivity contribution in [3.63, 3.8) is 0 Å². The Hall–Kier alpha value is -0.0900. The van der Waals surface area contributed by atoms with Crippen molar-refractivity contribution in [2.75, 3.05) is 5.75 Å². The Labute approximate surface area is 104 Å². The van der Waals surface area contributed by atoms with E-state index in [9.17, 15) is 0 Å². The lowest BCUT2D eigenvalue weighted by Gasteiger charge is -2.06. The quantitative estimate of drug-likeness (QED) is 0.606. The van der Waals surface area contributed by atoms with E-state index < -0.39 is 0 Å². The molecule has 0 radical (unpaired) electrons. The van der Waals surface area contributed by atoms with Crippen molar-refractivity contribution in [1.29, 1.82) is 0 Å². The molecule has 0 aliphatic rings. The molecule has 0 amide bonds. The van der Waals surface area contributed by atoms with Gasteiger partial charge in [-0.3, -0.25) is 0 Å². The minimum atomic E-state index is 0.693. The molecular weight excluding hydrogens is 272 g/mol. The van der Waals surface area contributed by atoms with Gasteiger partial charge in [0.15, 0.2) is 0 Å². The topological polar surface area (TPSA) is 25.8 Å². The smallest absolute Gasteiger partial charge is 0.130 e. The lowest BCUT2D eigenvalue weighted by molar-refractivity contribution is 0.747. The Kier molecular flexibility index (Phi) is 5.61. The molecule has 0 unspecified atom stereocenters. The maximum absolute atomic E-state index is 4.52. The second-order valence-electron chi connectivity index (χ2n) is 3.90. The average Bonchev–Trinajstić information content (AvgIpc) is 2.14. The van der Waals surface area contributed by atoms with Crippen molar-refractivity contribution < 1.29 is 0 Å². The summed E-state index contributed by atoms with van der Waals surface area (Å²) < 4.78 is 0.896. The van der Waals surface area contributed by atoms with Crippen molar-refractivity contribution in [3.05, 3.63) is 16.5 Å². The molecule has 0 saturated carbocycles. The first-order valence-electron chi connectivity index (χ1n) is 5.28. The van der Waals surface area contributed by atoms with Crippen LogP contribution in [0.1, 0.15) is 33.0 Å². The number of hydrogen-bond donors (Lipinski definition) is 0. The molecule has 0 atom stereocenters. The summed E-state index contributed by atoms with van der Waals surface area (Å²) in [7, 11) is 0. The van der Waals surface area contributed by atoms with Gasteiger partial charge in [-0.25, -0.2) is 9.97 Å². The monoisotopic (exact) mass is 288 g/mol. The summed E-state index contributed by atoms with van der Waals surface area (Å²) in [6, 6.07) is 1.99. The maximum Gasteiger partial charge on any atom is 0.130 e. The largest absolute Gasteiger partial charge is 0.227 e. The van der Waals surface area contributed by atoms with Crippen LogP contribution >= 0.6 is 27.7 Å². The zero-order valence-electron chi connectivity index (χ0n) is 9.46. The summed E-state index contributed by atoms with van der Waals surface area (Å²) in [4.78, 5) is 8.86. The molecule has 0 bridgehead atoms. The zero-order valence-corrected chi connectivity index (χ0v) is 11.9. The molecule has 0 aromatic carbocycles. The van der Waals surface area contributed by atoms with Gasteiger partial charge in [0.25, 0.3) is 0 Å². The van der Waals surface area contributed by atoms with Crippen molar-refractivity contribution in [2.24, 2.45) is 5.92 Å². The first-order chi connectivity index (χ1) is 7.11. The van der Waals surface area contributed by atoms with Gasteiger partial charge in [-0.2, -0.15) is 0 Å². The highest BCUT2D eigenvalue weighted by molar-refractivity contribution is 9.10. The number of aromatic nitrogens is 2. The molecule has 2 nitrogen and oxygen atoms in total. The molecule has 4 heteroatoms. The summed E-state index contributed by atoms with van der Waals surface area (Å²) in [6.45, 7) is 6.58. The summed E-state index contributed by atoms with van der Waals surface area (Å²) in [5.74, 6) is 2.74. The fourth-order valence-electron chi connectivity index (χ4n) is 1.10. The van der Waals surface area contributed by atoms with E-state index in [4.69, 9.17) is 0 Å². The minimum absolute atomic E-state index is 0.693. The van der Waals surface area contributed by atoms with Gasteiger partial charge in [0.05, 0.1) is 0 Å². The van der Waals surface area contributed by atoms with Crippen LogP contribution in [0.15, 0.2) is 15.7 Å². The van der Waals surface area contributed by atoms with Crippen molar-refractivity contribution in [1.82, 2.24) is 9.97 Å². The normalized spacial score (nSPS) is 11.0. The molecule has 1 rings (SSSR count). The molecule has 0 aliphatic carbocycles. The van der Waals surface area contributed by atoms with E-state index in [0.717, 1.165) is 34.0 Å². The molecule has 1 aromatic rings. The molecular formula is C11H17BrN2S. The van der Waals surface area contributed by atoms with Gasteiger partial charge >= 0.3 is 0 Å². The fourth-order valence-corrected chi connectivity index (χ4v) is 2.55. The van der Waals surface area contributed by atoms with E-state index in [-0.39, 0.29) is 0 Å². The van der Waals surface area contributed by atoms with Crippen LogP contribution in [-0.2, 0) is 6.42 Å². The average molecular weight is 289 g/mol. The highest BCUT2D eigenvalue weighted by atomic mass is 79.9. The van der Waals surface area contributed by atoms with E-state index in [2.05, 4.69) is 46.7 Å². The predicted octanol–water partition coefficient (Wildman–Crippen LogP) is 3.94. The van der Waals surface area contributed by atoms with E-state index >= 15 is 0 Å². The Morgan fingerprint density at radius 1 is 1.40 bits per heavy atom.